The van der Waals surface area contributed by atoms with Gasteiger partial charge in [-0.15, -0.1) is 68.4 Å². The predicted molar refractivity (Wildman–Crippen MR) is 266 cm³/mol. The molecule has 22 nitrogen and oxygen atoms in total. The lowest BCUT2D eigenvalue weighted by Gasteiger charge is -2.22. The van der Waals surface area contributed by atoms with Crippen molar-refractivity contribution in [2.45, 2.75) is 46.7 Å². The van der Waals surface area contributed by atoms with E-state index in [0.29, 0.717) is 32.8 Å². The Morgan fingerprint density at radius 3 is 1.43 bits per heavy atom. The van der Waals surface area contributed by atoms with Gasteiger partial charge in [-0.3, -0.25) is 4.55 Å². The Bertz CT molecular complexity index is 3040. The Labute approximate surface area is 408 Å². The largest absolute Gasteiger partial charge is 0.425 e. The van der Waals surface area contributed by atoms with Crippen LogP contribution >= 0.6 is 57.5 Å². The molecule has 0 saturated carbocycles. The van der Waals surface area contributed by atoms with E-state index in [1.54, 1.807) is 22.7 Å². The number of hydrogen-bond acceptors (Lipinski definition) is 26. The zero-order valence-corrected chi connectivity index (χ0v) is 42.8. The van der Waals surface area contributed by atoms with Gasteiger partial charge in [0.2, 0.25) is 11.9 Å². The number of aromatic nitrogens is 5. The Balaban J connectivity index is 0.000000973. The molecule has 0 bridgehead atoms. The molecule has 0 spiro atoms. The van der Waals surface area contributed by atoms with Crippen LogP contribution in [0.1, 0.15) is 38.8 Å². The molecule has 0 atom stereocenters. The Morgan fingerprint density at radius 2 is 1.06 bits per heavy atom. The smallest absolute Gasteiger partial charge is 0.372 e. The third-order valence-electron chi connectivity index (χ3n) is 9.16. The summed E-state index contributed by atoms with van der Waals surface area (Å²) < 4.78 is 92.5. The molecule has 0 saturated heterocycles. The number of nitrogens with zero attached hydrogens (tertiary/aromatic N) is 11. The molecule has 7 aromatic rings. The zero-order chi connectivity index (χ0) is 48.8. The third-order valence-corrected chi connectivity index (χ3v) is 14.7. The van der Waals surface area contributed by atoms with Crippen molar-refractivity contribution in [3.8, 4) is 0 Å². The van der Waals surface area contributed by atoms with E-state index in [4.69, 9.17) is 30.2 Å². The molecule has 0 unspecified atom stereocenters. The second-order valence-corrected chi connectivity index (χ2v) is 20.0. The maximum atomic E-state index is 11.6. The number of rotatable bonds is 18. The summed E-state index contributed by atoms with van der Waals surface area (Å²) in [5, 5.41) is 33.1. The van der Waals surface area contributed by atoms with Gasteiger partial charge in [0.25, 0.3) is 10.1 Å². The van der Waals surface area contributed by atoms with Gasteiger partial charge < -0.3 is 20.4 Å². The quantitative estimate of drug-likeness (QED) is 0.0409. The van der Waals surface area contributed by atoms with E-state index in [1.165, 1.54) is 23.1 Å². The summed E-state index contributed by atoms with van der Waals surface area (Å²) in [6.45, 7) is 15.6. The lowest BCUT2D eigenvalue weighted by atomic mass is 10.2. The lowest BCUT2D eigenvalue weighted by molar-refractivity contribution is 0.485. The maximum Gasteiger partial charge on any atom is 0.425 e. The second kappa shape index (κ2) is 24.5. The first-order valence-corrected chi connectivity index (χ1v) is 27.5. The highest BCUT2D eigenvalue weighted by Crippen LogP contribution is 2.41. The van der Waals surface area contributed by atoms with E-state index < -0.39 is 37.1 Å². The van der Waals surface area contributed by atoms with Gasteiger partial charge in [0, 0.05) is 43.3 Å². The Kier molecular flexibility index (Phi) is 19.2. The van der Waals surface area contributed by atoms with Crippen molar-refractivity contribution in [2.75, 3.05) is 58.1 Å². The average Bonchev–Trinajstić information content (AvgIpc) is 4.05. The van der Waals surface area contributed by atoms with E-state index in [-0.39, 0.29) is 22.8 Å². The molecule has 356 valence electrons. The molecule has 2 aromatic carbocycles. The van der Waals surface area contributed by atoms with Crippen LogP contribution in [-0.4, -0.2) is 99.6 Å². The van der Waals surface area contributed by atoms with Crippen LogP contribution in [0.2, 0.25) is 0 Å². The first-order valence-electron chi connectivity index (χ1n) is 19.6. The minimum atomic E-state index is -4.22. The zero-order valence-electron chi connectivity index (χ0n) is 36.3. The van der Waals surface area contributed by atoms with Gasteiger partial charge in [-0.25, -0.2) is 0 Å². The molecular weight excluding hydrogens is 1030 g/mol. The third kappa shape index (κ3) is 15.0. The first-order chi connectivity index (χ1) is 31.9. The van der Waals surface area contributed by atoms with Crippen LogP contribution < -0.4 is 20.4 Å². The fourth-order valence-corrected chi connectivity index (χ4v) is 11.4. The topological polar surface area (TPSA) is 301 Å². The number of thiophene rings is 2. The van der Waals surface area contributed by atoms with E-state index >= 15 is 0 Å². The van der Waals surface area contributed by atoms with Crippen LogP contribution in [0.15, 0.2) is 72.8 Å². The average molecular weight is 1070 g/mol. The van der Waals surface area contributed by atoms with Crippen molar-refractivity contribution in [3.05, 3.63) is 58.3 Å². The highest BCUT2D eigenvalue weighted by atomic mass is 32.2. The molecule has 0 amide bonds. The number of aryl methyl sites for hydroxylation is 2. The predicted octanol–water partition coefficient (Wildman–Crippen LogP) is 9.81. The van der Waals surface area contributed by atoms with Crippen molar-refractivity contribution in [3.63, 3.8) is 0 Å². The summed E-state index contributed by atoms with van der Waals surface area (Å²) in [6, 6.07) is 11.7. The molecule has 0 radical (unpaired) electrons. The van der Waals surface area contributed by atoms with E-state index in [1.807, 2.05) is 50.2 Å². The highest BCUT2D eigenvalue weighted by Gasteiger charge is 2.18. The van der Waals surface area contributed by atoms with E-state index in [9.17, 15) is 13.0 Å². The Morgan fingerprint density at radius 1 is 0.657 bits per heavy atom. The maximum absolute atomic E-state index is 11.6. The van der Waals surface area contributed by atoms with Gasteiger partial charge in [0.1, 0.15) is 21.0 Å². The van der Waals surface area contributed by atoms with Crippen LogP contribution in [0, 0.1) is 13.8 Å². The molecule has 5 aromatic heterocycles. The summed E-state index contributed by atoms with van der Waals surface area (Å²) in [6.07, 6.45) is 0. The van der Waals surface area contributed by atoms with Crippen LogP contribution in [0.4, 0.5) is 56.0 Å². The molecule has 0 aliphatic carbocycles. The lowest BCUT2D eigenvalue weighted by Crippen LogP contribution is -2.21. The highest BCUT2D eigenvalue weighted by molar-refractivity contribution is 8.00. The van der Waals surface area contributed by atoms with Gasteiger partial charge in [-0.05, 0) is 123 Å². The summed E-state index contributed by atoms with van der Waals surface area (Å²) >= 11 is 6.82. The standard InChI is InChI=1S/C37H41N13O3S6.2O3S/c1-7-49(8-2)23-11-13-25(43-45-31-29-21(5)19-55-33(29)47-57-31)27(17-23)38-35-40-36(42-37(41-35)54-15-16-59(51,52)53)39-28-18-24(50(9-3)10-4)12-14-26(28)44-46-32-30-22(6)20-56-34(30)48-58-32;2*1-4(2)3/h11-14,17-20H,7-10,15-16H2,1-6H3,(H,51,52,53)(H2,38,39,40,41,42);;. The van der Waals surface area contributed by atoms with Crippen molar-refractivity contribution < 1.29 is 38.2 Å². The first kappa shape index (κ1) is 52.5. The number of azo groups is 2. The van der Waals surface area contributed by atoms with Gasteiger partial charge >= 0.3 is 21.2 Å². The summed E-state index contributed by atoms with van der Waals surface area (Å²) in [5.41, 5.74) is 6.36. The number of nitrogens with one attached hydrogen (secondary N) is 2. The molecule has 5 heterocycles. The van der Waals surface area contributed by atoms with Gasteiger partial charge in [0.05, 0.1) is 27.9 Å². The van der Waals surface area contributed by atoms with Crippen LogP contribution in [0.25, 0.3) is 20.4 Å². The normalized spacial score (nSPS) is 11.4. The molecule has 67 heavy (non-hydrogen) atoms. The van der Waals surface area contributed by atoms with Crippen molar-refractivity contribution in [1.29, 1.82) is 0 Å². The van der Waals surface area contributed by atoms with Crippen LogP contribution in [0.3, 0.4) is 0 Å². The van der Waals surface area contributed by atoms with Gasteiger partial charge in [0.15, 0.2) is 15.2 Å². The van der Waals surface area contributed by atoms with Crippen molar-refractivity contribution >= 4 is 165 Å². The SMILES string of the molecule is CCN(CC)c1ccc(N=Nc2snc3scc(C)c23)c(Nc2nc(Nc3cc(N(CC)CC)ccc3N=Nc3snc4scc(C)c34)nc(SCCS(=O)(=O)O)n2)c1.O=S(=O)=O.O=S(=O)=O. The number of anilines is 6. The minimum Gasteiger partial charge on any atom is -0.372 e. The van der Waals surface area contributed by atoms with Crippen molar-refractivity contribution in [2.24, 2.45) is 20.5 Å². The van der Waals surface area contributed by atoms with Gasteiger partial charge in [-0.1, -0.05) is 11.8 Å². The van der Waals surface area contributed by atoms with E-state index in [0.717, 1.165) is 80.9 Å². The molecule has 0 fully saturated rings. The van der Waals surface area contributed by atoms with Crippen LogP contribution in [0.5, 0.6) is 0 Å². The molecule has 30 heteroatoms. The fraction of sp³-hybridized carbons (Fsp3) is 0.324. The second-order valence-electron chi connectivity index (χ2n) is 13.4. The summed E-state index contributed by atoms with van der Waals surface area (Å²) in [7, 11) is -10.4. The Hall–Kier alpha value is -5.47. The summed E-state index contributed by atoms with van der Waals surface area (Å²) in [5.74, 6) is -0.138. The van der Waals surface area contributed by atoms with Crippen molar-refractivity contribution in [1.82, 2.24) is 23.7 Å². The monoisotopic (exact) mass is 1070 g/mol. The number of thioether (sulfide) groups is 1. The molecule has 7 rings (SSSR count). The number of hydrogen-bond donors (Lipinski definition) is 3. The number of fused-ring (bicyclic) bond motifs is 2. The summed E-state index contributed by atoms with van der Waals surface area (Å²) in [4.78, 5) is 20.4. The van der Waals surface area contributed by atoms with Crippen LogP contribution in [-0.2, 0) is 31.3 Å². The molecule has 3 N–H and O–H groups in total. The molecule has 0 aliphatic heterocycles. The van der Waals surface area contributed by atoms with Gasteiger partial charge in [-0.2, -0.15) is 32.1 Å². The number of benzene rings is 2. The fourth-order valence-electron chi connectivity index (χ4n) is 6.12. The molecular formula is C37H41N13O9S8. The minimum absolute atomic E-state index is 0.00613. The molecule has 0 aliphatic rings. The van der Waals surface area contributed by atoms with E-state index in [2.05, 4.69) is 98.1 Å².